The van der Waals surface area contributed by atoms with E-state index in [2.05, 4.69) is 39.3 Å². The van der Waals surface area contributed by atoms with Gasteiger partial charge < -0.3 is 0 Å². The molecule has 0 unspecified atom stereocenters. The lowest BCUT2D eigenvalue weighted by Gasteiger charge is -2.19. The Bertz CT molecular complexity index is 163. The predicted molar refractivity (Wildman–Crippen MR) is 102 cm³/mol. The minimum atomic E-state index is 0.0236. The van der Waals surface area contributed by atoms with Crippen LogP contribution in [0.3, 0.4) is 0 Å². The Morgan fingerprint density at radius 3 is 1.00 bits per heavy atom. The van der Waals surface area contributed by atoms with Gasteiger partial charge in [-0.1, -0.05) is 76.7 Å². The van der Waals surface area contributed by atoms with Crippen LogP contribution in [-0.4, -0.2) is 44.9 Å². The summed E-state index contributed by atoms with van der Waals surface area (Å²) in [5.41, 5.74) is 0. The van der Waals surface area contributed by atoms with Crippen LogP contribution in [0.25, 0.3) is 0 Å². The van der Waals surface area contributed by atoms with Gasteiger partial charge in [0.25, 0.3) is 0 Å². The van der Waals surface area contributed by atoms with Crippen molar-refractivity contribution < 1.29 is 0 Å². The SMILES string of the molecule is C[Si](C)CCCP(CCC[Si](C)C)CCC[Si](C)C. The third-order valence-corrected chi connectivity index (χ3v) is 10.4. The Balaban J connectivity index is 3.85. The molecule has 0 aromatic heterocycles. The first-order chi connectivity index (χ1) is 8.91. The van der Waals surface area contributed by atoms with Gasteiger partial charge in [-0.2, -0.15) is 0 Å². The summed E-state index contributed by atoms with van der Waals surface area (Å²) in [7, 11) is 0.467. The average molecular weight is 332 g/mol. The third-order valence-electron chi connectivity index (χ3n) is 3.45. The van der Waals surface area contributed by atoms with Gasteiger partial charge in [-0.25, -0.2) is 0 Å². The maximum Gasteiger partial charge on any atom is 0.0413 e. The Hall–Kier alpha value is 1.08. The quantitative estimate of drug-likeness (QED) is 0.308. The fourth-order valence-electron chi connectivity index (χ4n) is 2.30. The van der Waals surface area contributed by atoms with E-state index in [4.69, 9.17) is 0 Å². The van der Waals surface area contributed by atoms with Crippen LogP contribution in [0, 0.1) is 0 Å². The van der Waals surface area contributed by atoms with E-state index in [9.17, 15) is 0 Å². The molecule has 0 fully saturated rings. The minimum Gasteiger partial charge on any atom is -0.107 e. The molecule has 0 spiro atoms. The lowest BCUT2D eigenvalue weighted by atomic mass is 10.5. The van der Waals surface area contributed by atoms with Crippen molar-refractivity contribution in [2.24, 2.45) is 0 Å². The highest BCUT2D eigenvalue weighted by atomic mass is 31.1. The van der Waals surface area contributed by atoms with E-state index in [1.807, 2.05) is 0 Å². The zero-order valence-electron chi connectivity index (χ0n) is 14.3. The van der Waals surface area contributed by atoms with E-state index >= 15 is 0 Å². The summed E-state index contributed by atoms with van der Waals surface area (Å²) in [4.78, 5) is 0. The minimum absolute atomic E-state index is 0.0236. The summed E-state index contributed by atoms with van der Waals surface area (Å²) in [5, 5.41) is 0. The predicted octanol–water partition coefficient (Wildman–Crippen LogP) is 5.90. The maximum atomic E-state index is 2.47. The van der Waals surface area contributed by atoms with Gasteiger partial charge in [0.1, 0.15) is 0 Å². The molecular formula is C15H36PSi3. The van der Waals surface area contributed by atoms with Crippen molar-refractivity contribution in [2.45, 2.75) is 76.7 Å². The Kier molecular flexibility index (Phi) is 13.5. The second-order valence-electron chi connectivity index (χ2n) is 6.77. The van der Waals surface area contributed by atoms with E-state index in [1.165, 1.54) is 0 Å². The normalized spacial score (nSPS) is 12.3. The summed E-state index contributed by atoms with van der Waals surface area (Å²) in [5.74, 6) is 0. The van der Waals surface area contributed by atoms with Crippen molar-refractivity contribution in [3.8, 4) is 0 Å². The third kappa shape index (κ3) is 15.3. The molecular weight excluding hydrogens is 295 g/mol. The smallest absolute Gasteiger partial charge is 0.0413 e. The van der Waals surface area contributed by atoms with E-state index in [0.717, 1.165) is 0 Å². The van der Waals surface area contributed by atoms with E-state index < -0.39 is 0 Å². The fraction of sp³-hybridized carbons (Fsp3) is 1.00. The van der Waals surface area contributed by atoms with E-state index in [0.29, 0.717) is 7.92 Å². The van der Waals surface area contributed by atoms with Crippen LogP contribution in [0.15, 0.2) is 0 Å². The van der Waals surface area contributed by atoms with Crippen LogP contribution >= 0.6 is 7.92 Å². The lowest BCUT2D eigenvalue weighted by Crippen LogP contribution is -2.05. The van der Waals surface area contributed by atoms with Crippen molar-refractivity contribution in [1.82, 2.24) is 0 Å². The highest BCUT2D eigenvalue weighted by Crippen LogP contribution is 2.39. The molecule has 0 atom stereocenters. The van der Waals surface area contributed by atoms with Gasteiger partial charge in [0.15, 0.2) is 0 Å². The van der Waals surface area contributed by atoms with Gasteiger partial charge in [0.05, 0.1) is 0 Å². The molecule has 0 nitrogen and oxygen atoms in total. The molecule has 0 heterocycles. The molecule has 0 saturated heterocycles. The molecule has 4 heteroatoms. The van der Waals surface area contributed by atoms with Crippen LogP contribution < -0.4 is 0 Å². The van der Waals surface area contributed by atoms with Crippen LogP contribution in [0.5, 0.6) is 0 Å². The Labute approximate surface area is 129 Å². The first kappa shape index (κ1) is 20.1. The molecule has 0 aromatic rings. The molecule has 0 N–H and O–H groups in total. The van der Waals surface area contributed by atoms with Gasteiger partial charge in [0, 0.05) is 26.4 Å². The highest BCUT2D eigenvalue weighted by Gasteiger charge is 2.10. The van der Waals surface area contributed by atoms with Crippen LogP contribution in [0.1, 0.15) is 19.3 Å². The monoisotopic (exact) mass is 331 g/mol. The Morgan fingerprint density at radius 1 is 0.526 bits per heavy atom. The number of hydrogen-bond donors (Lipinski definition) is 0. The topological polar surface area (TPSA) is 0 Å². The summed E-state index contributed by atoms with van der Waals surface area (Å²) in [6.07, 6.45) is 9.40. The maximum absolute atomic E-state index is 2.47. The van der Waals surface area contributed by atoms with Crippen molar-refractivity contribution >= 4 is 34.3 Å². The standard InChI is InChI=1S/C15H36PSi3/c1-17(2)13-7-10-16(11-8-14-18(3)4)12-9-15-19(5)6/h7-15H2,1-6H3. The lowest BCUT2D eigenvalue weighted by molar-refractivity contribution is 0.998. The second kappa shape index (κ2) is 12.8. The first-order valence-corrected chi connectivity index (χ1v) is 18.0. The molecule has 0 aliphatic heterocycles. The van der Waals surface area contributed by atoms with Crippen LogP contribution in [0.4, 0.5) is 0 Å². The molecule has 113 valence electrons. The molecule has 0 aliphatic carbocycles. The molecule has 0 bridgehead atoms. The van der Waals surface area contributed by atoms with Gasteiger partial charge in [-0.3, -0.25) is 0 Å². The summed E-state index contributed by atoms with van der Waals surface area (Å²) >= 11 is 0. The number of hydrogen-bond acceptors (Lipinski definition) is 0. The van der Waals surface area contributed by atoms with Crippen molar-refractivity contribution in [2.75, 3.05) is 18.5 Å². The zero-order chi connectivity index (χ0) is 14.7. The molecule has 0 aliphatic rings. The first-order valence-electron chi connectivity index (χ1n) is 8.01. The van der Waals surface area contributed by atoms with Crippen molar-refractivity contribution in [3.63, 3.8) is 0 Å². The van der Waals surface area contributed by atoms with Crippen LogP contribution in [-0.2, 0) is 0 Å². The van der Waals surface area contributed by atoms with Gasteiger partial charge in [0.2, 0.25) is 0 Å². The molecule has 0 amide bonds. The summed E-state index contributed by atoms with van der Waals surface area (Å²) < 4.78 is 0. The van der Waals surface area contributed by atoms with E-state index in [-0.39, 0.29) is 26.4 Å². The van der Waals surface area contributed by atoms with Crippen LogP contribution in [0.2, 0.25) is 57.4 Å². The van der Waals surface area contributed by atoms with Gasteiger partial charge in [-0.05, 0) is 18.5 Å². The summed E-state index contributed by atoms with van der Waals surface area (Å²) in [6, 6.07) is 4.66. The zero-order valence-corrected chi connectivity index (χ0v) is 18.2. The molecule has 19 heavy (non-hydrogen) atoms. The average Bonchev–Trinajstić information content (AvgIpc) is 2.26. The largest absolute Gasteiger partial charge is 0.107 e. The van der Waals surface area contributed by atoms with Gasteiger partial charge >= 0.3 is 0 Å². The van der Waals surface area contributed by atoms with Crippen molar-refractivity contribution in [1.29, 1.82) is 0 Å². The molecule has 0 saturated carbocycles. The fourth-order valence-corrected chi connectivity index (χ4v) is 8.34. The molecule has 0 aromatic carbocycles. The summed E-state index contributed by atoms with van der Waals surface area (Å²) in [6.45, 7) is 14.8. The Morgan fingerprint density at radius 2 is 0.789 bits per heavy atom. The molecule has 0 rings (SSSR count). The van der Waals surface area contributed by atoms with E-state index in [1.54, 1.807) is 55.9 Å². The van der Waals surface area contributed by atoms with Gasteiger partial charge in [-0.15, -0.1) is 7.92 Å². The molecule has 3 radical (unpaired) electrons. The van der Waals surface area contributed by atoms with Crippen molar-refractivity contribution in [3.05, 3.63) is 0 Å². The highest BCUT2D eigenvalue weighted by molar-refractivity contribution is 7.57. The second-order valence-corrected chi connectivity index (χ2v) is 18.2. The number of rotatable bonds is 12.